The van der Waals surface area contributed by atoms with E-state index in [1.165, 1.54) is 0 Å². The van der Waals surface area contributed by atoms with Crippen molar-refractivity contribution in [2.24, 2.45) is 16.1 Å². The van der Waals surface area contributed by atoms with Gasteiger partial charge in [-0.2, -0.15) is 0 Å². The molecular weight excluding hydrogens is 316 g/mol. The highest BCUT2D eigenvalue weighted by molar-refractivity contribution is 7.94. The van der Waals surface area contributed by atoms with Gasteiger partial charge >= 0.3 is 0 Å². The van der Waals surface area contributed by atoms with Crippen LogP contribution in [-0.4, -0.2) is 10.4 Å². The molecular formula is C16H18N2O4S. The van der Waals surface area contributed by atoms with Crippen LogP contribution in [0.5, 0.6) is 5.75 Å². The third-order valence-corrected chi connectivity index (χ3v) is 3.62. The van der Waals surface area contributed by atoms with Crippen LogP contribution in [0.15, 0.2) is 57.6 Å². The Morgan fingerprint density at radius 2 is 1.83 bits per heavy atom. The smallest absolute Gasteiger partial charge is 0.143 e. The molecule has 0 spiro atoms. The lowest BCUT2D eigenvalue weighted by molar-refractivity contribution is -0.432. The molecule has 0 saturated carbocycles. The summed E-state index contributed by atoms with van der Waals surface area (Å²) in [6, 6.07) is 12.4. The van der Waals surface area contributed by atoms with Crippen molar-refractivity contribution < 1.29 is 19.7 Å². The van der Waals surface area contributed by atoms with E-state index in [0.29, 0.717) is 22.2 Å². The van der Waals surface area contributed by atoms with E-state index < -0.39 is 0 Å². The molecule has 0 aromatic heterocycles. The predicted octanol–water partition coefficient (Wildman–Crippen LogP) is 5.43. The molecule has 0 atom stereocenters. The van der Waals surface area contributed by atoms with Crippen molar-refractivity contribution in [2.75, 3.05) is 0 Å². The lowest BCUT2D eigenvalue weighted by atomic mass is 10.0. The van der Waals surface area contributed by atoms with E-state index in [9.17, 15) is 5.11 Å². The summed E-state index contributed by atoms with van der Waals surface area (Å²) in [6.07, 6.45) is 0.900. The molecule has 0 unspecified atom stereocenters. The number of phenolic OH excluding ortho intramolecular Hbond substituents is 1. The van der Waals surface area contributed by atoms with Crippen molar-refractivity contribution in [3.05, 3.63) is 48.0 Å². The Kier molecular flexibility index (Phi) is 6.54. The van der Waals surface area contributed by atoms with Gasteiger partial charge in [0.1, 0.15) is 17.1 Å². The van der Waals surface area contributed by atoms with Gasteiger partial charge in [-0.3, -0.25) is 0 Å². The Labute approximate surface area is 138 Å². The highest BCUT2D eigenvalue weighted by Gasteiger charge is 2.06. The van der Waals surface area contributed by atoms with Gasteiger partial charge in [-0.25, -0.2) is 5.26 Å². The molecule has 0 aliphatic rings. The molecule has 23 heavy (non-hydrogen) atoms. The third kappa shape index (κ3) is 5.33. The van der Waals surface area contributed by atoms with Crippen LogP contribution in [0, 0.1) is 5.92 Å². The largest absolute Gasteiger partial charge is 0.506 e. The molecule has 2 aromatic carbocycles. The van der Waals surface area contributed by atoms with Gasteiger partial charge in [0, 0.05) is 0 Å². The van der Waals surface area contributed by atoms with Crippen molar-refractivity contribution in [3.63, 3.8) is 0 Å². The number of aromatic hydroxyl groups is 1. The second kappa shape index (κ2) is 8.64. The van der Waals surface area contributed by atoms with Gasteiger partial charge in [-0.1, -0.05) is 37.1 Å². The maximum Gasteiger partial charge on any atom is 0.143 e. The molecule has 2 rings (SSSR count). The van der Waals surface area contributed by atoms with Crippen LogP contribution >= 0.6 is 12.0 Å². The van der Waals surface area contributed by atoms with Gasteiger partial charge in [0.05, 0.1) is 16.9 Å². The summed E-state index contributed by atoms with van der Waals surface area (Å²) >= 11 is 0.809. The lowest BCUT2D eigenvalue weighted by Gasteiger charge is -2.06. The Bertz CT molecular complexity index is 677. The maximum absolute atomic E-state index is 9.92. The first kappa shape index (κ1) is 17.4. The SMILES string of the molecule is CC(C)Cc1ccc(O)c(N=Nc2ccccc2SOOO)c1. The number of hydrogen-bond acceptors (Lipinski definition) is 7. The highest BCUT2D eigenvalue weighted by Crippen LogP contribution is 2.34. The normalized spacial score (nSPS) is 11.5. The number of phenols is 1. The van der Waals surface area contributed by atoms with Crippen molar-refractivity contribution in [1.82, 2.24) is 0 Å². The van der Waals surface area contributed by atoms with Crippen LogP contribution < -0.4 is 0 Å². The van der Waals surface area contributed by atoms with Gasteiger partial charge in [-0.05, 0) is 42.2 Å². The summed E-state index contributed by atoms with van der Waals surface area (Å²) in [6.45, 7) is 4.26. The van der Waals surface area contributed by atoms with E-state index in [2.05, 4.69) is 33.4 Å². The molecule has 0 saturated heterocycles. The predicted molar refractivity (Wildman–Crippen MR) is 87.9 cm³/mol. The average molecular weight is 334 g/mol. The quantitative estimate of drug-likeness (QED) is 0.305. The Balaban J connectivity index is 2.23. The maximum atomic E-state index is 9.92. The van der Waals surface area contributed by atoms with Gasteiger partial charge in [0.2, 0.25) is 0 Å². The second-order valence-electron chi connectivity index (χ2n) is 5.31. The van der Waals surface area contributed by atoms with Gasteiger partial charge in [0.15, 0.2) is 0 Å². The fourth-order valence-electron chi connectivity index (χ4n) is 2.02. The topological polar surface area (TPSA) is 83.6 Å². The monoisotopic (exact) mass is 334 g/mol. The Morgan fingerprint density at radius 3 is 2.57 bits per heavy atom. The first-order valence-electron chi connectivity index (χ1n) is 7.07. The van der Waals surface area contributed by atoms with E-state index >= 15 is 0 Å². The first-order chi connectivity index (χ1) is 11.1. The number of azo groups is 1. The Morgan fingerprint density at radius 1 is 1.09 bits per heavy atom. The van der Waals surface area contributed by atoms with E-state index in [0.717, 1.165) is 24.0 Å². The zero-order valence-corrected chi connectivity index (χ0v) is 13.7. The summed E-state index contributed by atoms with van der Waals surface area (Å²) in [5.74, 6) is 0.582. The van der Waals surface area contributed by atoms with E-state index in [1.54, 1.807) is 30.3 Å². The van der Waals surface area contributed by atoms with Crippen LogP contribution in [0.4, 0.5) is 11.4 Å². The van der Waals surface area contributed by atoms with Crippen molar-refractivity contribution in [2.45, 2.75) is 25.2 Å². The molecule has 6 nitrogen and oxygen atoms in total. The molecule has 122 valence electrons. The average Bonchev–Trinajstić information content (AvgIpc) is 2.53. The summed E-state index contributed by atoms with van der Waals surface area (Å²) in [5.41, 5.74) is 2.02. The fourth-order valence-corrected chi connectivity index (χ4v) is 2.45. The van der Waals surface area contributed by atoms with Crippen LogP contribution in [0.2, 0.25) is 0 Å². The minimum atomic E-state index is 0.0707. The van der Waals surface area contributed by atoms with E-state index in [-0.39, 0.29) is 5.75 Å². The lowest BCUT2D eigenvalue weighted by Crippen LogP contribution is -1.93. The molecule has 0 amide bonds. The van der Waals surface area contributed by atoms with Crippen molar-refractivity contribution in [3.8, 4) is 5.75 Å². The van der Waals surface area contributed by atoms with Crippen LogP contribution in [0.1, 0.15) is 19.4 Å². The van der Waals surface area contributed by atoms with Crippen LogP contribution in [0.3, 0.4) is 0 Å². The summed E-state index contributed by atoms with van der Waals surface area (Å²) in [5, 5.41) is 30.0. The van der Waals surface area contributed by atoms with Crippen molar-refractivity contribution >= 4 is 23.4 Å². The molecule has 0 bridgehead atoms. The fraction of sp³-hybridized carbons (Fsp3) is 0.250. The number of hydrogen-bond donors (Lipinski definition) is 2. The summed E-state index contributed by atoms with van der Waals surface area (Å²) < 4.78 is 4.42. The molecule has 2 aromatic rings. The van der Waals surface area contributed by atoms with Crippen molar-refractivity contribution in [1.29, 1.82) is 0 Å². The Hall–Kier alpha value is -1.93. The molecule has 0 radical (unpaired) electrons. The number of rotatable bonds is 7. The summed E-state index contributed by atoms with van der Waals surface area (Å²) in [4.78, 5) is 0.614. The number of benzene rings is 2. The molecule has 0 fully saturated rings. The molecule has 0 aliphatic heterocycles. The zero-order valence-electron chi connectivity index (χ0n) is 12.8. The summed E-state index contributed by atoms with van der Waals surface area (Å²) in [7, 11) is 0. The van der Waals surface area contributed by atoms with E-state index in [1.807, 2.05) is 12.1 Å². The minimum Gasteiger partial charge on any atom is -0.506 e. The molecule has 2 N–H and O–H groups in total. The standard InChI is InChI=1S/C16H18N2O4S/c1-11(2)9-12-7-8-15(19)14(10-12)18-17-13-5-3-4-6-16(13)23-22-21-20/h3-8,10-11,19-20H,9H2,1-2H3. The zero-order chi connectivity index (χ0) is 16.7. The van der Waals surface area contributed by atoms with Gasteiger partial charge in [0.25, 0.3) is 0 Å². The highest BCUT2D eigenvalue weighted by atomic mass is 32.2. The molecule has 0 aliphatic carbocycles. The third-order valence-electron chi connectivity index (χ3n) is 2.97. The van der Waals surface area contributed by atoms with Gasteiger partial charge in [-0.15, -0.1) is 14.6 Å². The van der Waals surface area contributed by atoms with E-state index in [4.69, 9.17) is 5.26 Å². The first-order valence-corrected chi connectivity index (χ1v) is 7.81. The second-order valence-corrected chi connectivity index (χ2v) is 6.06. The molecule has 0 heterocycles. The van der Waals surface area contributed by atoms with Crippen LogP contribution in [0.25, 0.3) is 0 Å². The minimum absolute atomic E-state index is 0.0707. The number of nitrogens with zero attached hydrogens (tertiary/aromatic N) is 2. The molecule has 7 heteroatoms. The van der Waals surface area contributed by atoms with Crippen LogP contribution in [-0.2, 0) is 15.8 Å². The van der Waals surface area contributed by atoms with Gasteiger partial charge < -0.3 is 5.11 Å².